The van der Waals surface area contributed by atoms with Gasteiger partial charge in [-0.15, -0.1) is 11.6 Å². The van der Waals surface area contributed by atoms with Gasteiger partial charge in [0.2, 0.25) is 5.91 Å². The third kappa shape index (κ3) is 5.06. The summed E-state index contributed by atoms with van der Waals surface area (Å²) in [5, 5.41) is 25.3. The number of fused-ring (bicyclic) bond motifs is 1. The molecule has 5 N–H and O–H groups in total. The molecule has 4 aliphatic rings. The van der Waals surface area contributed by atoms with E-state index in [0.717, 1.165) is 26.2 Å². The summed E-state index contributed by atoms with van der Waals surface area (Å²) in [6.45, 7) is 4.18. The van der Waals surface area contributed by atoms with Crippen LogP contribution < -0.4 is 16.1 Å². The molecule has 0 radical (unpaired) electrons. The second kappa shape index (κ2) is 10.8. The van der Waals surface area contributed by atoms with Crippen molar-refractivity contribution in [3.8, 4) is 0 Å². The number of nitrogens with one attached hydrogen (secondary N) is 3. The van der Waals surface area contributed by atoms with Crippen molar-refractivity contribution in [1.29, 1.82) is 0 Å². The number of carbonyl (C=O) groups is 1. The molecule has 2 saturated carbocycles. The predicted octanol–water partition coefficient (Wildman–Crippen LogP) is 0.425. The van der Waals surface area contributed by atoms with E-state index in [1.165, 1.54) is 0 Å². The summed E-state index contributed by atoms with van der Waals surface area (Å²) < 4.78 is 30.6. The SMILES string of the molecule is O=C(CCN1CCN(C2NCNC3C(F)C(C4C(O)CCCC4F)C(Cl)CC32)CC1)NO. The van der Waals surface area contributed by atoms with Gasteiger partial charge in [0, 0.05) is 75.0 Å². The highest BCUT2D eigenvalue weighted by Gasteiger charge is 2.55. The van der Waals surface area contributed by atoms with Crippen molar-refractivity contribution in [1.82, 2.24) is 25.9 Å². The van der Waals surface area contributed by atoms with Gasteiger partial charge in [0.1, 0.15) is 12.3 Å². The highest BCUT2D eigenvalue weighted by molar-refractivity contribution is 6.21. The molecule has 2 saturated heterocycles. The molecule has 32 heavy (non-hydrogen) atoms. The summed E-state index contributed by atoms with van der Waals surface area (Å²) in [4.78, 5) is 15.8. The maximum Gasteiger partial charge on any atom is 0.244 e. The zero-order valence-corrected chi connectivity index (χ0v) is 19.1. The fourth-order valence-corrected chi connectivity index (χ4v) is 6.85. The van der Waals surface area contributed by atoms with Crippen LogP contribution in [0.25, 0.3) is 0 Å². The van der Waals surface area contributed by atoms with E-state index < -0.39 is 47.6 Å². The van der Waals surface area contributed by atoms with Crippen LogP contribution in [0.1, 0.15) is 32.1 Å². The maximum absolute atomic E-state index is 15.8. The molecule has 0 spiro atoms. The van der Waals surface area contributed by atoms with Crippen molar-refractivity contribution in [3.05, 3.63) is 0 Å². The number of piperazine rings is 1. The van der Waals surface area contributed by atoms with Crippen LogP contribution in [0.2, 0.25) is 0 Å². The first-order valence-corrected chi connectivity index (χ1v) is 12.3. The molecular weight excluding hydrogens is 444 g/mol. The molecule has 11 heteroatoms. The lowest BCUT2D eigenvalue weighted by atomic mass is 9.65. The Kier molecular flexibility index (Phi) is 8.23. The molecule has 9 atom stereocenters. The molecule has 2 aliphatic heterocycles. The number of aliphatic hydroxyl groups is 1. The average molecular weight is 480 g/mol. The van der Waals surface area contributed by atoms with Gasteiger partial charge in [-0.05, 0) is 25.7 Å². The Morgan fingerprint density at radius 1 is 1.12 bits per heavy atom. The molecule has 184 valence electrons. The number of aliphatic hydroxyl groups excluding tert-OH is 1. The van der Waals surface area contributed by atoms with Crippen LogP contribution in [0.3, 0.4) is 0 Å². The van der Waals surface area contributed by atoms with Gasteiger partial charge >= 0.3 is 0 Å². The monoisotopic (exact) mass is 479 g/mol. The minimum Gasteiger partial charge on any atom is -0.393 e. The summed E-state index contributed by atoms with van der Waals surface area (Å²) in [5.41, 5.74) is 1.66. The summed E-state index contributed by atoms with van der Waals surface area (Å²) >= 11 is 6.72. The highest BCUT2D eigenvalue weighted by Crippen LogP contribution is 2.46. The Bertz CT molecular complexity index is 635. The van der Waals surface area contributed by atoms with E-state index in [0.29, 0.717) is 38.9 Å². The van der Waals surface area contributed by atoms with Gasteiger partial charge < -0.3 is 10.0 Å². The van der Waals surface area contributed by atoms with Crippen LogP contribution in [0.15, 0.2) is 0 Å². The van der Waals surface area contributed by atoms with Crippen molar-refractivity contribution in [2.24, 2.45) is 17.8 Å². The van der Waals surface area contributed by atoms with Crippen LogP contribution >= 0.6 is 11.6 Å². The summed E-state index contributed by atoms with van der Waals surface area (Å²) in [6.07, 6.45) is -1.07. The summed E-state index contributed by atoms with van der Waals surface area (Å²) in [6, 6.07) is -0.422. The number of hydrogen-bond donors (Lipinski definition) is 5. The van der Waals surface area contributed by atoms with Crippen molar-refractivity contribution >= 4 is 17.5 Å². The average Bonchev–Trinajstić information content (AvgIpc) is 2.79. The zero-order chi connectivity index (χ0) is 22.8. The second-order valence-electron chi connectivity index (χ2n) is 9.75. The van der Waals surface area contributed by atoms with E-state index in [9.17, 15) is 14.3 Å². The first kappa shape index (κ1) is 24.5. The number of alkyl halides is 3. The Labute approximate surface area is 193 Å². The molecule has 0 bridgehead atoms. The van der Waals surface area contributed by atoms with E-state index in [1.807, 2.05) is 0 Å². The molecule has 2 aliphatic carbocycles. The van der Waals surface area contributed by atoms with Gasteiger partial charge in [-0.2, -0.15) is 0 Å². The smallest absolute Gasteiger partial charge is 0.244 e. The molecule has 8 nitrogen and oxygen atoms in total. The van der Waals surface area contributed by atoms with Crippen LogP contribution in [0, 0.1) is 17.8 Å². The maximum atomic E-state index is 15.8. The Hall–Kier alpha value is -0.620. The molecule has 2 heterocycles. The van der Waals surface area contributed by atoms with Gasteiger partial charge in [0.15, 0.2) is 0 Å². The van der Waals surface area contributed by atoms with Gasteiger partial charge in [-0.1, -0.05) is 0 Å². The van der Waals surface area contributed by atoms with E-state index in [1.54, 1.807) is 5.48 Å². The lowest BCUT2D eigenvalue weighted by molar-refractivity contribution is -0.129. The lowest BCUT2D eigenvalue weighted by Gasteiger charge is -2.54. The second-order valence-corrected chi connectivity index (χ2v) is 10.3. The van der Waals surface area contributed by atoms with Crippen molar-refractivity contribution in [2.45, 2.75) is 68.1 Å². The lowest BCUT2D eigenvalue weighted by Crippen LogP contribution is -2.71. The van der Waals surface area contributed by atoms with Gasteiger partial charge in [-0.3, -0.25) is 25.5 Å². The number of carbonyl (C=O) groups excluding carboxylic acids is 1. The standard InChI is InChI=1S/C21H36ClF2N5O3/c22-13-10-12-20(19(24)17(13)18-14(23)2-1-3-15(18)30)25-11-26-21(12)29-8-6-28(7-9-29)5-4-16(31)27-32/h12-15,17-21,25-26,30,32H,1-11H2,(H,27,31). The van der Waals surface area contributed by atoms with Gasteiger partial charge in [0.05, 0.1) is 12.3 Å². The third-order valence-corrected chi connectivity index (χ3v) is 8.48. The molecule has 0 aromatic rings. The summed E-state index contributed by atoms with van der Waals surface area (Å²) in [7, 11) is 0. The van der Waals surface area contributed by atoms with E-state index in [2.05, 4.69) is 20.4 Å². The third-order valence-electron chi connectivity index (χ3n) is 8.01. The Morgan fingerprint density at radius 3 is 2.56 bits per heavy atom. The number of hydroxylamine groups is 1. The first-order valence-electron chi connectivity index (χ1n) is 11.9. The van der Waals surface area contributed by atoms with Crippen LogP contribution in [0.5, 0.6) is 0 Å². The van der Waals surface area contributed by atoms with Crippen molar-refractivity contribution < 1.29 is 23.9 Å². The van der Waals surface area contributed by atoms with Crippen LogP contribution in [-0.4, -0.2) is 101 Å². The molecular formula is C21H36ClF2N5O3. The van der Waals surface area contributed by atoms with Gasteiger partial charge in [0.25, 0.3) is 0 Å². The number of rotatable bonds is 5. The molecule has 9 unspecified atom stereocenters. The fourth-order valence-electron chi connectivity index (χ4n) is 6.34. The molecule has 4 rings (SSSR count). The van der Waals surface area contributed by atoms with Crippen molar-refractivity contribution in [2.75, 3.05) is 39.4 Å². The number of nitrogens with zero attached hydrogens (tertiary/aromatic N) is 2. The zero-order valence-electron chi connectivity index (χ0n) is 18.3. The topological polar surface area (TPSA) is 100 Å². The molecule has 0 aromatic carbocycles. The minimum atomic E-state index is -1.31. The quantitative estimate of drug-likeness (QED) is 0.221. The number of hydrogen-bond acceptors (Lipinski definition) is 7. The normalized spacial score (nSPS) is 44.1. The highest BCUT2D eigenvalue weighted by atomic mass is 35.5. The van der Waals surface area contributed by atoms with Crippen LogP contribution in [-0.2, 0) is 4.79 Å². The Balaban J connectivity index is 1.38. The first-order chi connectivity index (χ1) is 15.4. The number of amides is 1. The minimum absolute atomic E-state index is 0.0259. The largest absolute Gasteiger partial charge is 0.393 e. The van der Waals surface area contributed by atoms with Crippen molar-refractivity contribution in [3.63, 3.8) is 0 Å². The van der Waals surface area contributed by atoms with E-state index in [-0.39, 0.29) is 18.5 Å². The summed E-state index contributed by atoms with van der Waals surface area (Å²) in [5.74, 6) is -1.88. The molecule has 4 fully saturated rings. The number of halogens is 3. The van der Waals surface area contributed by atoms with Gasteiger partial charge in [-0.25, -0.2) is 14.3 Å². The predicted molar refractivity (Wildman–Crippen MR) is 116 cm³/mol. The Morgan fingerprint density at radius 2 is 1.88 bits per heavy atom. The molecule has 0 aromatic heterocycles. The van der Waals surface area contributed by atoms with E-state index in [4.69, 9.17) is 16.8 Å². The van der Waals surface area contributed by atoms with Crippen LogP contribution in [0.4, 0.5) is 8.78 Å². The molecule has 1 amide bonds. The fraction of sp³-hybridized carbons (Fsp3) is 0.952. The van der Waals surface area contributed by atoms with E-state index >= 15 is 4.39 Å².